The van der Waals surface area contributed by atoms with Gasteiger partial charge in [-0.3, -0.25) is 19.3 Å². The number of nitrogens with zero attached hydrogens (tertiary/aromatic N) is 4. The third-order valence-electron chi connectivity index (χ3n) is 5.69. The van der Waals surface area contributed by atoms with Crippen molar-refractivity contribution < 1.29 is 27.5 Å². The van der Waals surface area contributed by atoms with E-state index in [2.05, 4.69) is 10.2 Å². The predicted molar refractivity (Wildman–Crippen MR) is 121 cm³/mol. The number of piperazine rings is 1. The van der Waals surface area contributed by atoms with Gasteiger partial charge in [-0.15, -0.1) is 0 Å². The van der Waals surface area contributed by atoms with Crippen LogP contribution in [0.4, 0.5) is 5.69 Å². The van der Waals surface area contributed by atoms with Crippen LogP contribution in [0.2, 0.25) is 0 Å². The average Bonchev–Trinajstić information content (AvgIpc) is 2.79. The number of anilines is 1. The molecule has 0 saturated carbocycles. The van der Waals surface area contributed by atoms with Crippen molar-refractivity contribution in [1.82, 2.24) is 19.0 Å². The number of hydrogen-bond acceptors (Lipinski definition) is 7. The quantitative estimate of drug-likeness (QED) is 0.545. The summed E-state index contributed by atoms with van der Waals surface area (Å²) in [6.07, 6.45) is 0. The van der Waals surface area contributed by atoms with Crippen molar-refractivity contribution in [2.75, 3.05) is 77.9 Å². The van der Waals surface area contributed by atoms with Crippen LogP contribution in [-0.4, -0.2) is 118 Å². The number of amides is 3. The lowest BCUT2D eigenvalue weighted by Crippen LogP contribution is -2.54. The van der Waals surface area contributed by atoms with Crippen molar-refractivity contribution in [3.05, 3.63) is 24.3 Å². The van der Waals surface area contributed by atoms with Crippen molar-refractivity contribution in [3.63, 3.8) is 0 Å². The van der Waals surface area contributed by atoms with E-state index >= 15 is 0 Å². The first-order valence-corrected chi connectivity index (χ1v) is 12.3. The summed E-state index contributed by atoms with van der Waals surface area (Å²) in [6, 6.07) is 5.77. The molecule has 0 bridgehead atoms. The number of benzene rings is 1. The maximum absolute atomic E-state index is 12.8. The van der Waals surface area contributed by atoms with Gasteiger partial charge in [-0.25, -0.2) is 8.42 Å². The topological polar surface area (TPSA) is 120 Å². The molecule has 0 radical (unpaired) electrons. The van der Waals surface area contributed by atoms with Gasteiger partial charge < -0.3 is 19.9 Å². The summed E-state index contributed by atoms with van der Waals surface area (Å²) in [5.74, 6) is -0.529. The van der Waals surface area contributed by atoms with Gasteiger partial charge in [0.2, 0.25) is 27.7 Å². The highest BCUT2D eigenvalue weighted by atomic mass is 32.2. The second-order valence-electron chi connectivity index (χ2n) is 8.12. The van der Waals surface area contributed by atoms with Gasteiger partial charge in [0.25, 0.3) is 0 Å². The van der Waals surface area contributed by atoms with Crippen molar-refractivity contribution in [2.45, 2.75) is 11.8 Å². The highest BCUT2D eigenvalue weighted by molar-refractivity contribution is 7.89. The van der Waals surface area contributed by atoms with Crippen LogP contribution in [0.3, 0.4) is 0 Å². The number of likely N-dealkylation sites (N-methyl/N-ethyl adjacent to an activating group) is 1. The van der Waals surface area contributed by atoms with Crippen molar-refractivity contribution >= 4 is 33.4 Å². The normalized spacial score (nSPS) is 17.8. The summed E-state index contributed by atoms with van der Waals surface area (Å²) in [5, 5.41) is 2.58. The Bertz CT molecular complexity index is 954. The van der Waals surface area contributed by atoms with Crippen molar-refractivity contribution in [3.8, 4) is 0 Å². The second kappa shape index (κ2) is 11.1. The van der Waals surface area contributed by atoms with Gasteiger partial charge in [-0.05, 0) is 24.3 Å². The SMILES string of the molecule is CC(=O)Nc1ccc(S(=O)(=O)N(C)CC(=O)N2CCN(C(=O)CN3CCOCC3)CC2)cc1. The number of rotatable bonds is 7. The molecule has 0 atom stereocenters. The van der Waals surface area contributed by atoms with Crippen LogP contribution in [-0.2, 0) is 29.1 Å². The number of carbonyl (C=O) groups is 3. The fraction of sp³-hybridized carbons (Fsp3) is 0.571. The molecular weight excluding hydrogens is 450 g/mol. The van der Waals surface area contributed by atoms with Gasteiger partial charge >= 0.3 is 0 Å². The molecule has 0 unspecified atom stereocenters. The molecular formula is C21H31N5O6S. The molecule has 2 aliphatic rings. The maximum atomic E-state index is 12.8. The van der Waals surface area contributed by atoms with Gasteiger partial charge in [0.1, 0.15) is 0 Å². The molecule has 3 rings (SSSR count). The number of hydrogen-bond donors (Lipinski definition) is 1. The largest absolute Gasteiger partial charge is 0.379 e. The highest BCUT2D eigenvalue weighted by Crippen LogP contribution is 2.18. The van der Waals surface area contributed by atoms with Gasteiger partial charge in [-0.2, -0.15) is 4.31 Å². The fourth-order valence-corrected chi connectivity index (χ4v) is 4.85. The number of nitrogens with one attached hydrogen (secondary N) is 1. The molecule has 2 heterocycles. The smallest absolute Gasteiger partial charge is 0.243 e. The molecule has 12 heteroatoms. The van der Waals surface area contributed by atoms with E-state index in [0.29, 0.717) is 51.6 Å². The van der Waals surface area contributed by atoms with Gasteiger partial charge in [0, 0.05) is 58.9 Å². The minimum Gasteiger partial charge on any atom is -0.379 e. The molecule has 3 amide bonds. The fourth-order valence-electron chi connectivity index (χ4n) is 3.72. The zero-order chi connectivity index (χ0) is 24.0. The minimum absolute atomic E-state index is 0.0328. The molecule has 2 fully saturated rings. The monoisotopic (exact) mass is 481 g/mol. The summed E-state index contributed by atoms with van der Waals surface area (Å²) in [6.45, 7) is 5.74. The standard InChI is InChI=1S/C21H31N5O6S/c1-17(27)22-18-3-5-19(6-4-18)33(30,31)23(2)15-20(28)25-7-9-26(10-8-25)21(29)16-24-11-13-32-14-12-24/h3-6H,7-16H2,1-2H3,(H,22,27). The average molecular weight is 482 g/mol. The number of carbonyl (C=O) groups excluding carboxylic acids is 3. The molecule has 1 aromatic carbocycles. The summed E-state index contributed by atoms with van der Waals surface area (Å²) in [7, 11) is -2.51. The van der Waals surface area contributed by atoms with Gasteiger partial charge in [0.15, 0.2) is 0 Å². The van der Waals surface area contributed by atoms with Gasteiger partial charge in [-0.1, -0.05) is 0 Å². The molecule has 2 saturated heterocycles. The lowest BCUT2D eigenvalue weighted by molar-refractivity contribution is -0.140. The molecule has 2 aliphatic heterocycles. The van der Waals surface area contributed by atoms with E-state index in [1.165, 1.54) is 38.2 Å². The highest BCUT2D eigenvalue weighted by Gasteiger charge is 2.29. The number of ether oxygens (including phenoxy) is 1. The Morgan fingerprint density at radius 1 is 0.939 bits per heavy atom. The molecule has 0 spiro atoms. The van der Waals surface area contributed by atoms with E-state index in [9.17, 15) is 22.8 Å². The lowest BCUT2D eigenvalue weighted by Gasteiger charge is -2.36. The van der Waals surface area contributed by atoms with Crippen LogP contribution >= 0.6 is 0 Å². The van der Waals surface area contributed by atoms with E-state index in [-0.39, 0.29) is 29.2 Å². The summed E-state index contributed by atoms with van der Waals surface area (Å²) in [4.78, 5) is 41.8. The first kappa shape index (κ1) is 25.1. The lowest BCUT2D eigenvalue weighted by atomic mass is 10.3. The Balaban J connectivity index is 1.49. The third-order valence-corrected chi connectivity index (χ3v) is 7.51. The van der Waals surface area contributed by atoms with Crippen LogP contribution in [0.1, 0.15) is 6.92 Å². The van der Waals surface area contributed by atoms with Crippen LogP contribution in [0, 0.1) is 0 Å². The molecule has 182 valence electrons. The summed E-state index contributed by atoms with van der Waals surface area (Å²) < 4.78 is 31.9. The van der Waals surface area contributed by atoms with Crippen molar-refractivity contribution in [2.24, 2.45) is 0 Å². The van der Waals surface area contributed by atoms with Crippen molar-refractivity contribution in [1.29, 1.82) is 0 Å². The van der Waals surface area contributed by atoms with Crippen LogP contribution in [0.5, 0.6) is 0 Å². The summed E-state index contributed by atoms with van der Waals surface area (Å²) in [5.41, 5.74) is 0.487. The van der Waals surface area contributed by atoms with Crippen LogP contribution in [0.25, 0.3) is 0 Å². The molecule has 0 aromatic heterocycles. The molecule has 0 aliphatic carbocycles. The molecule has 11 nitrogen and oxygen atoms in total. The number of morpholine rings is 1. The zero-order valence-corrected chi connectivity index (χ0v) is 19.8. The van der Waals surface area contributed by atoms with Crippen LogP contribution in [0.15, 0.2) is 29.2 Å². The molecule has 33 heavy (non-hydrogen) atoms. The summed E-state index contributed by atoms with van der Waals surface area (Å²) >= 11 is 0. The Morgan fingerprint density at radius 2 is 1.48 bits per heavy atom. The van der Waals surface area contributed by atoms with E-state index in [4.69, 9.17) is 4.74 Å². The first-order chi connectivity index (χ1) is 15.7. The minimum atomic E-state index is -3.87. The Morgan fingerprint density at radius 3 is 2.03 bits per heavy atom. The van der Waals surface area contributed by atoms with E-state index in [0.717, 1.165) is 17.4 Å². The van der Waals surface area contributed by atoms with E-state index < -0.39 is 10.0 Å². The maximum Gasteiger partial charge on any atom is 0.243 e. The van der Waals surface area contributed by atoms with Crippen LogP contribution < -0.4 is 5.32 Å². The Kier molecular flexibility index (Phi) is 8.40. The first-order valence-electron chi connectivity index (χ1n) is 10.9. The van der Waals surface area contributed by atoms with E-state index in [1.807, 2.05) is 0 Å². The predicted octanol–water partition coefficient (Wildman–Crippen LogP) is -0.731. The Labute approximate surface area is 194 Å². The number of sulfonamides is 1. The molecule has 1 N–H and O–H groups in total. The second-order valence-corrected chi connectivity index (χ2v) is 10.2. The van der Waals surface area contributed by atoms with E-state index in [1.54, 1.807) is 9.80 Å². The third kappa shape index (κ3) is 6.73. The zero-order valence-electron chi connectivity index (χ0n) is 19.0. The van der Waals surface area contributed by atoms with Gasteiger partial charge in [0.05, 0.1) is 31.2 Å². The Hall–Kier alpha value is -2.54. The molecule has 1 aromatic rings.